The second-order valence-electron chi connectivity index (χ2n) is 6.82. The summed E-state index contributed by atoms with van der Waals surface area (Å²) >= 11 is 0. The van der Waals surface area contributed by atoms with Gasteiger partial charge in [0.15, 0.2) is 5.69 Å². The van der Waals surface area contributed by atoms with Crippen LogP contribution in [0.1, 0.15) is 39.5 Å². The van der Waals surface area contributed by atoms with Crippen LogP contribution in [0.25, 0.3) is 5.52 Å². The maximum atomic E-state index is 13.2. The van der Waals surface area contributed by atoms with Gasteiger partial charge in [0.25, 0.3) is 11.8 Å². The second-order valence-corrected chi connectivity index (χ2v) is 6.82. The summed E-state index contributed by atoms with van der Waals surface area (Å²) in [5, 5.41) is 2.96. The van der Waals surface area contributed by atoms with Crippen LogP contribution in [-0.4, -0.2) is 33.8 Å². The predicted octanol–water partition coefficient (Wildman–Crippen LogP) is 2.43. The van der Waals surface area contributed by atoms with Crippen molar-refractivity contribution in [2.45, 2.75) is 25.3 Å². The van der Waals surface area contributed by atoms with E-state index in [0.29, 0.717) is 17.8 Å². The van der Waals surface area contributed by atoms with E-state index in [0.717, 1.165) is 30.5 Å². The molecule has 6 nitrogen and oxygen atoms in total. The maximum Gasteiger partial charge on any atom is 0.294 e. The summed E-state index contributed by atoms with van der Waals surface area (Å²) in [6.45, 7) is 0.629. The lowest BCUT2D eigenvalue weighted by Crippen LogP contribution is -2.31. The first-order valence-corrected chi connectivity index (χ1v) is 8.90. The molecule has 2 aromatic heterocycles. The first-order chi connectivity index (χ1) is 12.7. The van der Waals surface area contributed by atoms with E-state index in [-0.39, 0.29) is 23.7 Å². The molecule has 2 amide bonds. The van der Waals surface area contributed by atoms with Crippen molar-refractivity contribution in [2.75, 3.05) is 11.4 Å². The third-order valence-corrected chi connectivity index (χ3v) is 5.00. The van der Waals surface area contributed by atoms with Crippen molar-refractivity contribution in [3.63, 3.8) is 0 Å². The molecule has 1 N–H and O–H groups in total. The number of rotatable bonds is 3. The molecule has 6 heteroatoms. The summed E-state index contributed by atoms with van der Waals surface area (Å²) in [5.74, 6) is -0.114. The summed E-state index contributed by atoms with van der Waals surface area (Å²) in [6, 6.07) is 13.7. The standard InChI is InChI=1S/C20H18N4O2/c25-19(21-14-8-9-14)17-16-7-3-4-11-23(16)18(22-17)20(26)24-12-10-13-5-1-2-6-15(13)24/h1-7,11,14H,8-10,12H2,(H,21,25). The number of pyridine rings is 1. The molecule has 1 aromatic carbocycles. The smallest absolute Gasteiger partial charge is 0.294 e. The first kappa shape index (κ1) is 15.1. The third kappa shape index (κ3) is 2.37. The lowest BCUT2D eigenvalue weighted by molar-refractivity contribution is 0.0948. The van der Waals surface area contributed by atoms with Gasteiger partial charge in [-0.1, -0.05) is 24.3 Å². The molecule has 3 aromatic rings. The fraction of sp³-hybridized carbons (Fsp3) is 0.250. The molecule has 0 spiro atoms. The molecular formula is C20H18N4O2. The van der Waals surface area contributed by atoms with Crippen LogP contribution in [0, 0.1) is 0 Å². The molecule has 0 bridgehead atoms. The van der Waals surface area contributed by atoms with Crippen molar-refractivity contribution in [3.05, 3.63) is 65.7 Å². The zero-order chi connectivity index (χ0) is 17.7. The number of fused-ring (bicyclic) bond motifs is 2. The van der Waals surface area contributed by atoms with Crippen molar-refractivity contribution in [1.82, 2.24) is 14.7 Å². The van der Waals surface area contributed by atoms with Crippen LogP contribution in [0.15, 0.2) is 48.7 Å². The van der Waals surface area contributed by atoms with Crippen LogP contribution in [0.5, 0.6) is 0 Å². The fourth-order valence-corrected chi connectivity index (χ4v) is 3.51. The van der Waals surface area contributed by atoms with Gasteiger partial charge in [-0.25, -0.2) is 4.98 Å². The average Bonchev–Trinajstić information content (AvgIpc) is 3.24. The Hall–Kier alpha value is -3.15. The Balaban J connectivity index is 1.57. The number of aromatic nitrogens is 2. The van der Waals surface area contributed by atoms with Crippen LogP contribution >= 0.6 is 0 Å². The van der Waals surface area contributed by atoms with E-state index in [1.165, 1.54) is 0 Å². The first-order valence-electron chi connectivity index (χ1n) is 8.90. The summed E-state index contributed by atoms with van der Waals surface area (Å²) in [4.78, 5) is 32.0. The molecule has 2 aliphatic rings. The monoisotopic (exact) mass is 346 g/mol. The van der Waals surface area contributed by atoms with Gasteiger partial charge >= 0.3 is 0 Å². The van der Waals surface area contributed by atoms with Gasteiger partial charge in [-0.2, -0.15) is 0 Å². The summed E-state index contributed by atoms with van der Waals surface area (Å²) in [6.07, 6.45) is 4.63. The van der Waals surface area contributed by atoms with E-state index in [9.17, 15) is 9.59 Å². The number of amides is 2. The number of nitrogens with one attached hydrogen (secondary N) is 1. The van der Waals surface area contributed by atoms with Gasteiger partial charge in [0.05, 0.1) is 5.52 Å². The van der Waals surface area contributed by atoms with Gasteiger partial charge in [-0.05, 0) is 43.0 Å². The zero-order valence-corrected chi connectivity index (χ0v) is 14.2. The Morgan fingerprint density at radius 1 is 1.08 bits per heavy atom. The number of imidazole rings is 1. The van der Waals surface area contributed by atoms with Gasteiger partial charge in [0.2, 0.25) is 5.82 Å². The second kappa shape index (κ2) is 5.69. The molecule has 1 aliphatic heterocycles. The highest BCUT2D eigenvalue weighted by atomic mass is 16.2. The molecule has 0 radical (unpaired) electrons. The highest BCUT2D eigenvalue weighted by Crippen LogP contribution is 2.29. The molecule has 0 saturated heterocycles. The maximum absolute atomic E-state index is 13.2. The number of carbonyl (C=O) groups is 2. The number of hydrogen-bond acceptors (Lipinski definition) is 3. The quantitative estimate of drug-likeness (QED) is 0.792. The van der Waals surface area contributed by atoms with Gasteiger partial charge in [-0.15, -0.1) is 0 Å². The van der Waals surface area contributed by atoms with Crippen molar-refractivity contribution in [1.29, 1.82) is 0 Å². The van der Waals surface area contributed by atoms with E-state index in [1.807, 2.05) is 42.5 Å². The molecular weight excluding hydrogens is 328 g/mol. The number of nitrogens with zero attached hydrogens (tertiary/aromatic N) is 3. The molecule has 0 unspecified atom stereocenters. The molecule has 130 valence electrons. The fourth-order valence-electron chi connectivity index (χ4n) is 3.51. The molecule has 1 saturated carbocycles. The topological polar surface area (TPSA) is 66.7 Å². The van der Waals surface area contributed by atoms with Gasteiger partial charge < -0.3 is 10.2 Å². The van der Waals surface area contributed by atoms with E-state index in [1.54, 1.807) is 15.5 Å². The van der Waals surface area contributed by atoms with Gasteiger partial charge in [-0.3, -0.25) is 14.0 Å². The minimum absolute atomic E-state index is 0.179. The minimum atomic E-state index is -0.211. The molecule has 5 rings (SSSR count). The largest absolute Gasteiger partial charge is 0.348 e. The number of benzene rings is 1. The lowest BCUT2D eigenvalue weighted by atomic mass is 10.2. The summed E-state index contributed by atoms with van der Waals surface area (Å²) in [5.41, 5.74) is 3.05. The highest BCUT2D eigenvalue weighted by Gasteiger charge is 2.31. The molecule has 1 fully saturated rings. The normalized spacial score (nSPS) is 15.9. The molecule has 26 heavy (non-hydrogen) atoms. The number of anilines is 1. The van der Waals surface area contributed by atoms with Crippen LogP contribution < -0.4 is 10.2 Å². The van der Waals surface area contributed by atoms with Crippen molar-refractivity contribution < 1.29 is 9.59 Å². The van der Waals surface area contributed by atoms with E-state index in [4.69, 9.17) is 0 Å². The Bertz CT molecular complexity index is 1040. The number of carbonyl (C=O) groups excluding carboxylic acids is 2. The van der Waals surface area contributed by atoms with Crippen molar-refractivity contribution in [2.24, 2.45) is 0 Å². The Labute approximate surface area is 150 Å². The van der Waals surface area contributed by atoms with Crippen LogP contribution in [0.3, 0.4) is 0 Å². The molecule has 0 atom stereocenters. The van der Waals surface area contributed by atoms with E-state index < -0.39 is 0 Å². The zero-order valence-electron chi connectivity index (χ0n) is 14.2. The highest BCUT2D eigenvalue weighted by molar-refractivity contribution is 6.08. The molecule has 1 aliphatic carbocycles. The Morgan fingerprint density at radius 3 is 2.73 bits per heavy atom. The Kier molecular flexibility index (Phi) is 3.31. The van der Waals surface area contributed by atoms with Gasteiger partial charge in [0, 0.05) is 24.5 Å². The number of hydrogen-bond donors (Lipinski definition) is 1. The summed E-state index contributed by atoms with van der Waals surface area (Å²) in [7, 11) is 0. The predicted molar refractivity (Wildman–Crippen MR) is 97.5 cm³/mol. The molecule has 3 heterocycles. The average molecular weight is 346 g/mol. The summed E-state index contributed by atoms with van der Waals surface area (Å²) < 4.78 is 1.71. The SMILES string of the molecule is O=C(NC1CC1)c1nc(C(=O)N2CCc3ccccc32)n2ccccc12. The van der Waals surface area contributed by atoms with Crippen LogP contribution in [0.2, 0.25) is 0 Å². The third-order valence-electron chi connectivity index (χ3n) is 5.00. The minimum Gasteiger partial charge on any atom is -0.348 e. The van der Waals surface area contributed by atoms with E-state index >= 15 is 0 Å². The van der Waals surface area contributed by atoms with Gasteiger partial charge in [0.1, 0.15) is 0 Å². The van der Waals surface area contributed by atoms with Crippen LogP contribution in [-0.2, 0) is 6.42 Å². The lowest BCUT2D eigenvalue weighted by Gasteiger charge is -2.16. The van der Waals surface area contributed by atoms with Crippen LogP contribution in [0.4, 0.5) is 5.69 Å². The number of para-hydroxylation sites is 1. The Morgan fingerprint density at radius 2 is 1.88 bits per heavy atom. The van der Waals surface area contributed by atoms with Crippen molar-refractivity contribution in [3.8, 4) is 0 Å². The van der Waals surface area contributed by atoms with E-state index in [2.05, 4.69) is 10.3 Å². The van der Waals surface area contributed by atoms with Crippen molar-refractivity contribution >= 4 is 23.0 Å².